The molecule has 2 rings (SSSR count). The lowest BCUT2D eigenvalue weighted by Crippen LogP contribution is -2.28. The molecule has 6 heteroatoms. The molecule has 1 aromatic rings. The average molecular weight is 287 g/mol. The van der Waals surface area contributed by atoms with Gasteiger partial charge in [0, 0.05) is 18.8 Å². The number of aliphatic hydroxyl groups excluding tert-OH is 1. The third-order valence-electron chi connectivity index (χ3n) is 3.36. The zero-order chi connectivity index (χ0) is 15.2. The van der Waals surface area contributed by atoms with Crippen molar-refractivity contribution in [2.45, 2.75) is 13.8 Å². The van der Waals surface area contributed by atoms with Gasteiger partial charge in [-0.25, -0.2) is 10.0 Å². The Morgan fingerprint density at radius 1 is 1.24 bits per heavy atom. The molecule has 0 saturated heterocycles. The molecule has 112 valence electrons. The number of aliphatic imine (C=N–C) groups is 1. The van der Waals surface area contributed by atoms with Gasteiger partial charge in [0.25, 0.3) is 0 Å². The summed E-state index contributed by atoms with van der Waals surface area (Å²) >= 11 is 0. The summed E-state index contributed by atoms with van der Waals surface area (Å²) in [6.45, 7) is 6.48. The Balaban J connectivity index is 2.12. The van der Waals surface area contributed by atoms with Crippen LogP contribution in [0.4, 0.5) is 11.4 Å². The van der Waals surface area contributed by atoms with Gasteiger partial charge in [-0.1, -0.05) is 0 Å². The maximum Gasteiger partial charge on any atom is 0.169 e. The summed E-state index contributed by atoms with van der Waals surface area (Å²) in [5, 5.41) is 22.3. The normalized spacial score (nSPS) is 16.0. The summed E-state index contributed by atoms with van der Waals surface area (Å²) in [4.78, 5) is 6.69. The maximum absolute atomic E-state index is 8.89. The minimum absolute atomic E-state index is 0.0361. The van der Waals surface area contributed by atoms with E-state index in [-0.39, 0.29) is 12.4 Å². The molecule has 0 saturated carbocycles. The molecule has 1 aromatic carbocycles. The predicted octanol–water partition coefficient (Wildman–Crippen LogP) is 1.88. The van der Waals surface area contributed by atoms with Gasteiger partial charge in [0.1, 0.15) is 5.71 Å². The predicted molar refractivity (Wildman–Crippen MR) is 87.1 cm³/mol. The molecule has 6 nitrogen and oxygen atoms in total. The second-order valence-corrected chi connectivity index (χ2v) is 4.63. The van der Waals surface area contributed by atoms with Crippen LogP contribution in [-0.4, -0.2) is 54.1 Å². The summed E-state index contributed by atoms with van der Waals surface area (Å²) < 4.78 is 0. The van der Waals surface area contributed by atoms with E-state index in [2.05, 4.69) is 28.8 Å². The quantitative estimate of drug-likeness (QED) is 0.838. The van der Waals surface area contributed by atoms with Gasteiger partial charge in [0.2, 0.25) is 0 Å². The smallest absolute Gasteiger partial charge is 0.169 e. The van der Waals surface area contributed by atoms with Gasteiger partial charge in [0.15, 0.2) is 5.84 Å². The fourth-order valence-corrected chi connectivity index (χ4v) is 2.19. The fraction of sp³-hybridized carbons (Fsp3) is 0.400. The molecule has 0 aliphatic carbocycles. The molecule has 0 atom stereocenters. The van der Waals surface area contributed by atoms with Gasteiger partial charge in [0.05, 0.1) is 25.1 Å². The van der Waals surface area contributed by atoms with Gasteiger partial charge in [-0.3, -0.25) is 5.41 Å². The first-order valence-electron chi connectivity index (χ1n) is 7.14. The van der Waals surface area contributed by atoms with Crippen molar-refractivity contribution in [3.05, 3.63) is 24.3 Å². The number of amidine groups is 1. The number of β-amino-alcohol motifs (C(OH)–C–C–N with tert-alkyl or cyclic N) is 1. The number of nitrogens with zero attached hydrogens (tertiary/aromatic N) is 4. The van der Waals surface area contributed by atoms with Crippen LogP contribution in [0.25, 0.3) is 0 Å². The van der Waals surface area contributed by atoms with Crippen LogP contribution < -0.4 is 4.90 Å². The molecule has 0 bridgehead atoms. The highest BCUT2D eigenvalue weighted by Gasteiger charge is 2.19. The van der Waals surface area contributed by atoms with Crippen LogP contribution in [0, 0.1) is 5.41 Å². The number of hydrogen-bond acceptors (Lipinski definition) is 5. The highest BCUT2D eigenvalue weighted by Crippen LogP contribution is 2.20. The van der Waals surface area contributed by atoms with Crippen LogP contribution in [0.15, 0.2) is 34.4 Å². The van der Waals surface area contributed by atoms with Gasteiger partial charge in [-0.2, -0.15) is 5.10 Å². The number of hydrogen-bond donors (Lipinski definition) is 2. The standard InChI is InChI=1S/C15H21N5O/c1-3-19(4-2)13-7-5-12(6-8-13)18-14-11-17-20(9-10-21)15(14)16/h5-8,11,16,21H,3-4,9-10H2,1-2H3. The Hall–Kier alpha value is -2.21. The lowest BCUT2D eigenvalue weighted by molar-refractivity contribution is 0.255. The molecule has 0 radical (unpaired) electrons. The first-order chi connectivity index (χ1) is 10.2. The second-order valence-electron chi connectivity index (χ2n) is 4.63. The molecular formula is C15H21N5O. The van der Waals surface area contributed by atoms with E-state index in [0.717, 1.165) is 18.8 Å². The molecule has 0 unspecified atom stereocenters. The molecule has 0 amide bonds. The Kier molecular flexibility index (Phi) is 5.05. The van der Waals surface area contributed by atoms with E-state index in [0.29, 0.717) is 12.3 Å². The number of hydrazone groups is 1. The molecule has 0 aromatic heterocycles. The largest absolute Gasteiger partial charge is 0.394 e. The summed E-state index contributed by atoms with van der Waals surface area (Å²) in [6, 6.07) is 7.95. The monoisotopic (exact) mass is 287 g/mol. The highest BCUT2D eigenvalue weighted by atomic mass is 16.3. The van der Waals surface area contributed by atoms with Gasteiger partial charge in [-0.15, -0.1) is 0 Å². The Morgan fingerprint density at radius 2 is 1.90 bits per heavy atom. The van der Waals surface area contributed by atoms with Gasteiger partial charge in [-0.05, 0) is 38.1 Å². The van der Waals surface area contributed by atoms with E-state index in [1.165, 1.54) is 10.7 Å². The molecular weight excluding hydrogens is 266 g/mol. The van der Waals surface area contributed by atoms with E-state index in [9.17, 15) is 0 Å². The third kappa shape index (κ3) is 3.46. The zero-order valence-electron chi connectivity index (χ0n) is 12.5. The summed E-state index contributed by atoms with van der Waals surface area (Å²) in [7, 11) is 0. The van der Waals surface area contributed by atoms with Crippen molar-refractivity contribution in [1.82, 2.24) is 5.01 Å². The number of benzene rings is 1. The van der Waals surface area contributed by atoms with Crippen LogP contribution in [0.2, 0.25) is 0 Å². The topological polar surface area (TPSA) is 75.3 Å². The first-order valence-corrected chi connectivity index (χ1v) is 7.14. The van der Waals surface area contributed by atoms with Crippen molar-refractivity contribution in [3.8, 4) is 0 Å². The number of aliphatic hydroxyl groups is 1. The summed E-state index contributed by atoms with van der Waals surface area (Å²) in [5.41, 5.74) is 2.48. The number of nitrogens with one attached hydrogen (secondary N) is 1. The Morgan fingerprint density at radius 3 is 2.48 bits per heavy atom. The van der Waals surface area contributed by atoms with Crippen molar-refractivity contribution in [2.75, 3.05) is 31.1 Å². The van der Waals surface area contributed by atoms with Crippen molar-refractivity contribution < 1.29 is 5.11 Å². The zero-order valence-corrected chi connectivity index (χ0v) is 12.5. The van der Waals surface area contributed by atoms with Crippen LogP contribution in [0.3, 0.4) is 0 Å². The lowest BCUT2D eigenvalue weighted by atomic mass is 10.2. The number of rotatable bonds is 6. The fourth-order valence-electron chi connectivity index (χ4n) is 2.19. The van der Waals surface area contributed by atoms with E-state index >= 15 is 0 Å². The van der Waals surface area contributed by atoms with E-state index in [1.807, 2.05) is 24.3 Å². The molecule has 1 heterocycles. The van der Waals surface area contributed by atoms with Crippen molar-refractivity contribution in [2.24, 2.45) is 10.1 Å². The van der Waals surface area contributed by atoms with Crippen molar-refractivity contribution in [1.29, 1.82) is 5.41 Å². The highest BCUT2D eigenvalue weighted by molar-refractivity contribution is 6.63. The summed E-state index contributed by atoms with van der Waals surface area (Å²) in [6.07, 6.45) is 1.55. The molecule has 1 aliphatic heterocycles. The Bertz CT molecular complexity index is 546. The van der Waals surface area contributed by atoms with Gasteiger partial charge < -0.3 is 10.0 Å². The van der Waals surface area contributed by atoms with Gasteiger partial charge >= 0.3 is 0 Å². The minimum atomic E-state index is -0.0361. The summed E-state index contributed by atoms with van der Waals surface area (Å²) in [5.74, 6) is 0.219. The second kappa shape index (κ2) is 6.99. The molecule has 2 N–H and O–H groups in total. The SMILES string of the molecule is CCN(CC)c1ccc(N=C2C=NN(CCO)C2=N)cc1. The van der Waals surface area contributed by atoms with E-state index < -0.39 is 0 Å². The van der Waals surface area contributed by atoms with E-state index in [4.69, 9.17) is 10.5 Å². The third-order valence-corrected chi connectivity index (χ3v) is 3.36. The molecule has 0 fully saturated rings. The molecule has 21 heavy (non-hydrogen) atoms. The maximum atomic E-state index is 8.89. The molecule has 0 spiro atoms. The Labute approximate surface area is 124 Å². The van der Waals surface area contributed by atoms with E-state index in [1.54, 1.807) is 6.21 Å². The minimum Gasteiger partial charge on any atom is -0.394 e. The van der Waals surface area contributed by atoms with Crippen molar-refractivity contribution >= 4 is 29.1 Å². The lowest BCUT2D eigenvalue weighted by Gasteiger charge is -2.20. The van der Waals surface area contributed by atoms with Crippen LogP contribution in [0.5, 0.6) is 0 Å². The average Bonchev–Trinajstić information content (AvgIpc) is 2.84. The molecule has 1 aliphatic rings. The van der Waals surface area contributed by atoms with Crippen molar-refractivity contribution in [3.63, 3.8) is 0 Å². The van der Waals surface area contributed by atoms with Crippen LogP contribution >= 0.6 is 0 Å². The number of anilines is 1. The van der Waals surface area contributed by atoms with Crippen LogP contribution in [-0.2, 0) is 0 Å². The first kappa shape index (κ1) is 15.2. The van der Waals surface area contributed by atoms with Crippen LogP contribution in [0.1, 0.15) is 13.8 Å².